The number of rotatable bonds is 40. The van der Waals surface area contributed by atoms with Crippen molar-refractivity contribution in [3.05, 3.63) is 0 Å². The highest BCUT2D eigenvalue weighted by atomic mass is 31.2. The molecule has 20 nitrogen and oxygen atoms in total. The van der Waals surface area contributed by atoms with Crippen LogP contribution in [0.2, 0.25) is 0 Å². The van der Waals surface area contributed by atoms with Crippen LogP contribution in [0.5, 0.6) is 0 Å². The molecule has 1 rings (SSSR count). The molecular weight excluding hydrogens is 881 g/mol. The van der Waals surface area contributed by atoms with Crippen LogP contribution < -0.4 is 0 Å². The maximum atomic E-state index is 13.0. The first kappa shape index (κ1) is 59.3. The lowest BCUT2D eigenvalue weighted by Gasteiger charge is -2.44. The highest BCUT2D eigenvalue weighted by molar-refractivity contribution is 7.47. The summed E-state index contributed by atoms with van der Waals surface area (Å²) in [5, 5.41) is 31.8. The Morgan fingerprint density at radius 1 is 0.500 bits per heavy atom. The number of unbranched alkanes of at least 4 members (excludes halogenated alkanes) is 18. The number of Topliss-reactive ketones (excluding diaryl/α,β-unsaturated/α-hetero) is 1. The number of carbonyl (C=O) groups excluding carboxylic acids is 2. The predicted octanol–water partition coefficient (Wildman–Crippen LogP) is 6.41. The third-order valence-electron chi connectivity index (χ3n) is 10.2. The first-order valence-electron chi connectivity index (χ1n) is 22.3. The maximum Gasteiger partial charge on any atom is 0.472 e. The number of aliphatic hydroxyl groups excluding tert-OH is 3. The summed E-state index contributed by atoms with van der Waals surface area (Å²) in [4.78, 5) is 72.0. The van der Waals surface area contributed by atoms with Gasteiger partial charge in [-0.3, -0.25) is 27.7 Å². The first-order chi connectivity index (χ1) is 29.3. The van der Waals surface area contributed by atoms with Crippen LogP contribution >= 0.6 is 23.5 Å². The van der Waals surface area contributed by atoms with E-state index >= 15 is 0 Å². The molecule has 1 aliphatic rings. The van der Waals surface area contributed by atoms with Gasteiger partial charge in [0, 0.05) is 25.9 Å². The predicted molar refractivity (Wildman–Crippen MR) is 226 cm³/mol. The van der Waals surface area contributed by atoms with Crippen LogP contribution in [0.15, 0.2) is 0 Å². The van der Waals surface area contributed by atoms with E-state index in [0.29, 0.717) is 31.7 Å². The molecule has 0 spiro atoms. The summed E-state index contributed by atoms with van der Waals surface area (Å²) in [5.41, 5.74) is 0. The molecule has 1 aliphatic carbocycles. The molecular formula is C39H77O20P3. The van der Waals surface area contributed by atoms with Crippen LogP contribution in [0.1, 0.15) is 168 Å². The Labute approximate surface area is 367 Å². The second kappa shape index (κ2) is 33.7. The fraction of sp³-hybridized carbons (Fsp3) is 0.949. The number of phosphoric ester groups is 3. The van der Waals surface area contributed by atoms with E-state index in [2.05, 4.69) is 16.0 Å². The molecule has 62 heavy (non-hydrogen) atoms. The zero-order valence-corrected chi connectivity index (χ0v) is 39.3. The molecule has 0 heterocycles. The standard InChI is InChI=1S/C39H77O20P3/c1-3-5-6-7-8-9-10-11-12-13-16-19-22-26-33(41)56-32(28-54-30-53-27-23-20-17-14-15-18-21-25-31(40)24-4-2)29-55-62(51,52)59-37-34(42)35(43)38(57-60(45,46)47)39(36(37)44)58-61(48,49)50/h32,34-39,42-44H,3-30H2,1-2H3,(H,51,52)(H2,45,46,47)(H2,48,49,50)/t32-,34?,35+,36-,37?,38?,39-/m1/s1. The van der Waals surface area contributed by atoms with E-state index in [9.17, 15) is 63.1 Å². The molecule has 0 bridgehead atoms. The molecule has 23 heteroatoms. The molecule has 4 unspecified atom stereocenters. The van der Waals surface area contributed by atoms with Gasteiger partial charge in [-0.05, 0) is 25.7 Å². The molecule has 0 aromatic rings. The Bertz CT molecular complexity index is 1330. The molecule has 1 fully saturated rings. The summed E-state index contributed by atoms with van der Waals surface area (Å²) in [5.74, 6) is -0.318. The number of phosphoric acid groups is 3. The van der Waals surface area contributed by atoms with Crippen LogP contribution in [-0.2, 0) is 55.6 Å². The molecule has 0 amide bonds. The Hall–Kier alpha value is -0.730. The van der Waals surface area contributed by atoms with Crippen LogP contribution in [-0.4, -0.2) is 121 Å². The number of ketones is 1. The summed E-state index contributed by atoms with van der Waals surface area (Å²) in [6.07, 6.45) is 7.35. The largest absolute Gasteiger partial charge is 0.472 e. The van der Waals surface area contributed by atoms with Gasteiger partial charge in [0.05, 0.1) is 13.2 Å². The van der Waals surface area contributed by atoms with E-state index in [4.69, 9.17) is 23.3 Å². The summed E-state index contributed by atoms with van der Waals surface area (Å²) >= 11 is 0. The number of hydrogen-bond acceptors (Lipinski definition) is 15. The second-order valence-corrected chi connectivity index (χ2v) is 19.7. The molecule has 8 N–H and O–H groups in total. The summed E-state index contributed by atoms with van der Waals surface area (Å²) in [6.45, 7) is 3.21. The fourth-order valence-electron chi connectivity index (χ4n) is 6.97. The molecule has 368 valence electrons. The minimum absolute atomic E-state index is 0.0478. The van der Waals surface area contributed by atoms with Gasteiger partial charge in [0.25, 0.3) is 0 Å². The van der Waals surface area contributed by atoms with Gasteiger partial charge >= 0.3 is 29.4 Å². The average Bonchev–Trinajstić information content (AvgIpc) is 3.18. The van der Waals surface area contributed by atoms with E-state index in [-0.39, 0.29) is 19.8 Å². The molecule has 1 saturated carbocycles. The Kier molecular flexibility index (Phi) is 32.2. The highest BCUT2D eigenvalue weighted by Crippen LogP contribution is 2.51. The third kappa shape index (κ3) is 29.7. The molecule has 0 saturated heterocycles. The van der Waals surface area contributed by atoms with Crippen LogP contribution in [0, 0.1) is 0 Å². The monoisotopic (exact) mass is 958 g/mol. The molecule has 8 atom stereocenters. The van der Waals surface area contributed by atoms with Gasteiger partial charge in [0.2, 0.25) is 0 Å². The van der Waals surface area contributed by atoms with E-state index in [1.165, 1.54) is 51.4 Å². The summed E-state index contributed by atoms with van der Waals surface area (Å²) in [7, 11) is -16.5. The normalized spacial score (nSPS) is 22.4. The Morgan fingerprint density at radius 3 is 1.45 bits per heavy atom. The number of aliphatic hydroxyl groups is 3. The highest BCUT2D eigenvalue weighted by Gasteiger charge is 2.56. The molecule has 0 aliphatic heterocycles. The van der Waals surface area contributed by atoms with Crippen LogP contribution in [0.3, 0.4) is 0 Å². The smallest absolute Gasteiger partial charge is 0.457 e. The quantitative estimate of drug-likeness (QED) is 0.0142. The zero-order chi connectivity index (χ0) is 46.4. The zero-order valence-electron chi connectivity index (χ0n) is 36.7. The van der Waals surface area contributed by atoms with Crippen molar-refractivity contribution in [1.82, 2.24) is 0 Å². The SMILES string of the molecule is CCCCCCCCCCCCCCCC(=O)O[C@H](COCOCCCCCCCCCC(=O)CCC)COP(=O)(O)OC1C(O)[C@H](O)C(OP(=O)(O)O)[C@H](OP(=O)(O)O)[C@@H]1O. The van der Waals surface area contributed by atoms with Crippen molar-refractivity contribution in [1.29, 1.82) is 0 Å². The van der Waals surface area contributed by atoms with Gasteiger partial charge in [-0.25, -0.2) is 13.7 Å². The van der Waals surface area contributed by atoms with E-state index in [0.717, 1.165) is 77.0 Å². The van der Waals surface area contributed by atoms with Crippen molar-refractivity contribution in [2.45, 2.75) is 211 Å². The Morgan fingerprint density at radius 2 is 0.952 bits per heavy atom. The minimum Gasteiger partial charge on any atom is -0.457 e. The van der Waals surface area contributed by atoms with Crippen molar-refractivity contribution >= 4 is 35.2 Å². The van der Waals surface area contributed by atoms with E-state index in [1.807, 2.05) is 6.92 Å². The van der Waals surface area contributed by atoms with Gasteiger partial charge in [0.15, 0.2) is 0 Å². The van der Waals surface area contributed by atoms with Crippen molar-refractivity contribution in [3.8, 4) is 0 Å². The van der Waals surface area contributed by atoms with Crippen molar-refractivity contribution < 1.29 is 95.4 Å². The van der Waals surface area contributed by atoms with Gasteiger partial charge in [0.1, 0.15) is 55.3 Å². The van der Waals surface area contributed by atoms with E-state index in [1.54, 1.807) is 0 Å². The maximum absolute atomic E-state index is 13.0. The average molecular weight is 959 g/mol. The van der Waals surface area contributed by atoms with Gasteiger partial charge in [-0.2, -0.15) is 0 Å². The summed E-state index contributed by atoms with van der Waals surface area (Å²) < 4.78 is 71.1. The molecule has 0 aromatic heterocycles. The van der Waals surface area contributed by atoms with Gasteiger partial charge in [-0.15, -0.1) is 0 Å². The van der Waals surface area contributed by atoms with Crippen LogP contribution in [0.4, 0.5) is 0 Å². The lowest BCUT2D eigenvalue weighted by Crippen LogP contribution is -2.65. The lowest BCUT2D eigenvalue weighted by atomic mass is 9.85. The number of esters is 1. The van der Waals surface area contributed by atoms with Crippen molar-refractivity contribution in [2.75, 3.05) is 26.6 Å². The molecule has 0 radical (unpaired) electrons. The number of hydrogen-bond donors (Lipinski definition) is 8. The second-order valence-electron chi connectivity index (χ2n) is 15.9. The number of carbonyl (C=O) groups is 2. The van der Waals surface area contributed by atoms with Gasteiger partial charge < -0.3 is 54.0 Å². The van der Waals surface area contributed by atoms with Gasteiger partial charge in [-0.1, -0.05) is 123 Å². The topological polar surface area (TPSA) is 312 Å². The first-order valence-corrected chi connectivity index (χ1v) is 26.9. The van der Waals surface area contributed by atoms with Crippen molar-refractivity contribution in [2.24, 2.45) is 0 Å². The van der Waals surface area contributed by atoms with Crippen molar-refractivity contribution in [3.63, 3.8) is 0 Å². The van der Waals surface area contributed by atoms with E-state index < -0.39 is 78.8 Å². The molecule has 0 aromatic carbocycles. The minimum atomic E-state index is -5.58. The van der Waals surface area contributed by atoms with Crippen LogP contribution in [0.25, 0.3) is 0 Å². The summed E-state index contributed by atoms with van der Waals surface area (Å²) in [6, 6.07) is 0. The third-order valence-corrected chi connectivity index (χ3v) is 12.3. The number of ether oxygens (including phenoxy) is 3. The fourth-order valence-corrected chi connectivity index (χ4v) is 9.07. The lowest BCUT2D eigenvalue weighted by molar-refractivity contribution is -0.213. The Balaban J connectivity index is 2.70.